The zero-order valence-corrected chi connectivity index (χ0v) is 21.2. The van der Waals surface area contributed by atoms with Gasteiger partial charge in [0.25, 0.3) is 0 Å². The molecule has 176 valence electrons. The lowest BCUT2D eigenvalue weighted by Gasteiger charge is -2.62. The van der Waals surface area contributed by atoms with E-state index in [0.29, 0.717) is 11.8 Å². The lowest BCUT2D eigenvalue weighted by atomic mass is 9.43. The predicted octanol–water partition coefficient (Wildman–Crippen LogP) is 6.92. The van der Waals surface area contributed by atoms with Crippen LogP contribution in [0.5, 0.6) is 0 Å². The Morgan fingerprint density at radius 3 is 2.52 bits per heavy atom. The summed E-state index contributed by atoms with van der Waals surface area (Å²) < 4.78 is 0. The zero-order valence-electron chi connectivity index (χ0n) is 21.2. The molecule has 0 bridgehead atoms. The Morgan fingerprint density at radius 1 is 1.13 bits per heavy atom. The van der Waals surface area contributed by atoms with Crippen LogP contribution in [0.4, 0.5) is 0 Å². The SMILES string of the molecule is CC(C)=CCC[C@@H](C)[C@H]1CC[C@H]2[C@@H]3CC=C4C(C)(C)[C@H](O)CC[C@]4(C)[C@H]3[C@@H](O)C[C@]12C. The van der Waals surface area contributed by atoms with Crippen LogP contribution in [0.1, 0.15) is 99.8 Å². The minimum atomic E-state index is -0.258. The highest BCUT2D eigenvalue weighted by molar-refractivity contribution is 5.32. The topological polar surface area (TPSA) is 40.5 Å². The van der Waals surface area contributed by atoms with Crippen molar-refractivity contribution in [2.24, 2.45) is 45.8 Å². The Balaban J connectivity index is 1.61. The molecule has 3 fully saturated rings. The van der Waals surface area contributed by atoms with E-state index in [9.17, 15) is 10.2 Å². The fourth-order valence-electron chi connectivity index (χ4n) is 9.34. The van der Waals surface area contributed by atoms with Crippen LogP contribution in [0.2, 0.25) is 0 Å². The van der Waals surface area contributed by atoms with E-state index in [1.54, 1.807) is 0 Å². The van der Waals surface area contributed by atoms with Crippen molar-refractivity contribution in [2.45, 2.75) is 112 Å². The van der Waals surface area contributed by atoms with Gasteiger partial charge in [-0.15, -0.1) is 0 Å². The number of hydrogen-bond donors (Lipinski definition) is 2. The molecule has 0 amide bonds. The summed E-state index contributed by atoms with van der Waals surface area (Å²) in [6.07, 6.45) is 13.5. The van der Waals surface area contributed by atoms with Crippen LogP contribution in [-0.2, 0) is 0 Å². The molecule has 3 saturated carbocycles. The highest BCUT2D eigenvalue weighted by Crippen LogP contribution is 2.68. The highest BCUT2D eigenvalue weighted by Gasteiger charge is 2.63. The summed E-state index contributed by atoms with van der Waals surface area (Å²) in [7, 11) is 0. The molecule has 4 aliphatic carbocycles. The number of hydrogen-bond acceptors (Lipinski definition) is 2. The minimum Gasteiger partial charge on any atom is -0.393 e. The van der Waals surface area contributed by atoms with Crippen molar-refractivity contribution in [1.82, 2.24) is 0 Å². The summed E-state index contributed by atoms with van der Waals surface area (Å²) in [4.78, 5) is 0. The van der Waals surface area contributed by atoms with Crippen LogP contribution in [0, 0.1) is 45.8 Å². The van der Waals surface area contributed by atoms with E-state index in [1.165, 1.54) is 36.8 Å². The first-order valence-corrected chi connectivity index (χ1v) is 13.1. The van der Waals surface area contributed by atoms with Crippen molar-refractivity contribution in [3.8, 4) is 0 Å². The summed E-state index contributed by atoms with van der Waals surface area (Å²) in [5, 5.41) is 22.4. The molecule has 0 saturated heterocycles. The fraction of sp³-hybridized carbons (Fsp3) is 0.862. The van der Waals surface area contributed by atoms with E-state index in [-0.39, 0.29) is 28.5 Å². The molecule has 4 aliphatic rings. The summed E-state index contributed by atoms with van der Waals surface area (Å²) in [5.41, 5.74) is 3.01. The predicted molar refractivity (Wildman–Crippen MR) is 130 cm³/mol. The van der Waals surface area contributed by atoms with Gasteiger partial charge in [-0.25, -0.2) is 0 Å². The zero-order chi connectivity index (χ0) is 22.8. The lowest BCUT2D eigenvalue weighted by molar-refractivity contribution is -0.139. The van der Waals surface area contributed by atoms with Crippen LogP contribution < -0.4 is 0 Å². The van der Waals surface area contributed by atoms with Crippen molar-refractivity contribution < 1.29 is 10.2 Å². The molecule has 2 N–H and O–H groups in total. The third-order valence-corrected chi connectivity index (χ3v) is 10.8. The summed E-state index contributed by atoms with van der Waals surface area (Å²) in [6, 6.07) is 0. The maximum atomic E-state index is 11.7. The normalized spacial score (nSPS) is 46.9. The molecule has 0 aromatic rings. The third-order valence-electron chi connectivity index (χ3n) is 10.8. The molecule has 0 aromatic carbocycles. The van der Waals surface area contributed by atoms with Crippen LogP contribution in [0.3, 0.4) is 0 Å². The number of rotatable bonds is 4. The average Bonchev–Trinajstić information content (AvgIpc) is 3.01. The second kappa shape index (κ2) is 8.01. The maximum Gasteiger partial charge on any atom is 0.0628 e. The molecule has 31 heavy (non-hydrogen) atoms. The molecular weight excluding hydrogens is 380 g/mol. The molecule has 4 rings (SSSR count). The Bertz CT molecular complexity index is 744. The quantitative estimate of drug-likeness (QED) is 0.477. The first kappa shape index (κ1) is 23.6. The molecule has 2 nitrogen and oxygen atoms in total. The van der Waals surface area contributed by atoms with Crippen molar-refractivity contribution in [2.75, 3.05) is 0 Å². The molecule has 0 heterocycles. The first-order chi connectivity index (χ1) is 14.4. The average molecular weight is 429 g/mol. The molecule has 9 atom stereocenters. The number of fused-ring (bicyclic) bond motifs is 5. The number of aliphatic hydroxyl groups is 2. The van der Waals surface area contributed by atoms with Gasteiger partial charge in [-0.1, -0.05) is 57.9 Å². The molecule has 0 unspecified atom stereocenters. The summed E-state index contributed by atoms with van der Waals surface area (Å²) in [5.74, 6) is 3.16. The smallest absolute Gasteiger partial charge is 0.0628 e. The Hall–Kier alpha value is -0.600. The standard InChI is InChI=1S/C29H48O2/c1-18(2)9-8-10-19(3)21-12-13-22-20-11-14-24-27(4,5)25(31)15-16-28(24,6)26(20)23(30)17-29(21,22)7/h9,14,19-23,25-26,30-31H,8,10-13,15-17H2,1-7H3/t19-,20+,21-,22+,23+,25-,26-,28+,29-/m1/s1. The molecule has 0 radical (unpaired) electrons. The Morgan fingerprint density at radius 2 is 1.84 bits per heavy atom. The van der Waals surface area contributed by atoms with Gasteiger partial charge in [0.2, 0.25) is 0 Å². The lowest BCUT2D eigenvalue weighted by Crippen LogP contribution is -2.59. The Labute approximate surface area is 191 Å². The van der Waals surface area contributed by atoms with Crippen molar-refractivity contribution in [3.63, 3.8) is 0 Å². The summed E-state index contributed by atoms with van der Waals surface area (Å²) in [6.45, 7) is 16.3. The van der Waals surface area contributed by atoms with Gasteiger partial charge < -0.3 is 10.2 Å². The van der Waals surface area contributed by atoms with E-state index in [0.717, 1.165) is 43.4 Å². The van der Waals surface area contributed by atoms with Crippen LogP contribution in [0.15, 0.2) is 23.3 Å². The van der Waals surface area contributed by atoms with E-state index >= 15 is 0 Å². The monoisotopic (exact) mass is 428 g/mol. The van der Waals surface area contributed by atoms with Crippen molar-refractivity contribution in [3.05, 3.63) is 23.3 Å². The molecular formula is C29H48O2. The molecule has 0 aromatic heterocycles. The van der Waals surface area contributed by atoms with Gasteiger partial charge in [-0.05, 0) is 106 Å². The summed E-state index contributed by atoms with van der Waals surface area (Å²) >= 11 is 0. The van der Waals surface area contributed by atoms with Crippen LogP contribution in [0.25, 0.3) is 0 Å². The molecule has 2 heteroatoms. The fourth-order valence-corrected chi connectivity index (χ4v) is 9.34. The van der Waals surface area contributed by atoms with Gasteiger partial charge >= 0.3 is 0 Å². The van der Waals surface area contributed by atoms with Gasteiger partial charge in [0.1, 0.15) is 0 Å². The van der Waals surface area contributed by atoms with Crippen molar-refractivity contribution >= 4 is 0 Å². The first-order valence-electron chi connectivity index (χ1n) is 13.1. The van der Waals surface area contributed by atoms with Crippen LogP contribution in [-0.4, -0.2) is 22.4 Å². The van der Waals surface area contributed by atoms with Crippen molar-refractivity contribution in [1.29, 1.82) is 0 Å². The largest absolute Gasteiger partial charge is 0.393 e. The highest BCUT2D eigenvalue weighted by atomic mass is 16.3. The second-order valence-corrected chi connectivity index (χ2v) is 13.1. The number of allylic oxidation sites excluding steroid dienone is 3. The van der Waals surface area contributed by atoms with E-state index in [2.05, 4.69) is 60.6 Å². The van der Waals surface area contributed by atoms with Gasteiger partial charge in [-0.2, -0.15) is 0 Å². The molecule has 0 aliphatic heterocycles. The van der Waals surface area contributed by atoms with Gasteiger partial charge in [0.15, 0.2) is 0 Å². The number of aliphatic hydroxyl groups excluding tert-OH is 2. The maximum absolute atomic E-state index is 11.7. The molecule has 0 spiro atoms. The van der Waals surface area contributed by atoms with E-state index in [4.69, 9.17) is 0 Å². The Kier molecular flexibility index (Phi) is 6.09. The van der Waals surface area contributed by atoms with Crippen LogP contribution >= 0.6 is 0 Å². The second-order valence-electron chi connectivity index (χ2n) is 13.1. The van der Waals surface area contributed by atoms with Gasteiger partial charge in [-0.3, -0.25) is 0 Å². The minimum absolute atomic E-state index is 0.0412. The third kappa shape index (κ3) is 3.59. The van der Waals surface area contributed by atoms with Gasteiger partial charge in [0.05, 0.1) is 12.2 Å². The van der Waals surface area contributed by atoms with E-state index in [1.807, 2.05) is 0 Å². The van der Waals surface area contributed by atoms with Gasteiger partial charge in [0, 0.05) is 5.41 Å². The van der Waals surface area contributed by atoms with E-state index < -0.39 is 0 Å².